The molecular weight excluding hydrogens is 374 g/mol. The molecule has 29 heavy (non-hydrogen) atoms. The molecule has 2 aromatic rings. The SMILES string of the molecule is CCCOc1ccc(C(=O)OCC(=O)Nc2cccc(C(C)=O)c2)cc1OCC. The number of amides is 1. The van der Waals surface area contributed by atoms with Crippen molar-refractivity contribution in [2.45, 2.75) is 27.2 Å². The number of anilines is 1. The van der Waals surface area contributed by atoms with Crippen molar-refractivity contribution >= 4 is 23.3 Å². The van der Waals surface area contributed by atoms with Gasteiger partial charge in [0.15, 0.2) is 23.9 Å². The molecule has 0 atom stereocenters. The normalized spacial score (nSPS) is 10.2. The summed E-state index contributed by atoms with van der Waals surface area (Å²) < 4.78 is 16.2. The van der Waals surface area contributed by atoms with Gasteiger partial charge in [-0.3, -0.25) is 9.59 Å². The van der Waals surface area contributed by atoms with E-state index < -0.39 is 18.5 Å². The van der Waals surface area contributed by atoms with Gasteiger partial charge in [0, 0.05) is 11.3 Å². The van der Waals surface area contributed by atoms with Gasteiger partial charge < -0.3 is 19.5 Å². The Balaban J connectivity index is 1.97. The van der Waals surface area contributed by atoms with E-state index in [0.717, 1.165) is 6.42 Å². The molecule has 0 radical (unpaired) electrons. The van der Waals surface area contributed by atoms with Crippen LogP contribution in [0.5, 0.6) is 11.5 Å². The van der Waals surface area contributed by atoms with Gasteiger partial charge in [0.2, 0.25) is 0 Å². The summed E-state index contributed by atoms with van der Waals surface area (Å²) in [4.78, 5) is 35.7. The first-order valence-corrected chi connectivity index (χ1v) is 9.42. The first-order chi connectivity index (χ1) is 13.9. The predicted octanol–water partition coefficient (Wildman–Crippen LogP) is 3.87. The Bertz CT molecular complexity index is 877. The average Bonchev–Trinajstić information content (AvgIpc) is 2.71. The van der Waals surface area contributed by atoms with Gasteiger partial charge in [0.25, 0.3) is 5.91 Å². The Morgan fingerprint density at radius 1 is 0.931 bits per heavy atom. The Morgan fingerprint density at radius 2 is 1.72 bits per heavy atom. The lowest BCUT2D eigenvalue weighted by molar-refractivity contribution is -0.119. The zero-order chi connectivity index (χ0) is 21.2. The molecule has 0 aliphatic heterocycles. The number of carbonyl (C=O) groups is 3. The predicted molar refractivity (Wildman–Crippen MR) is 109 cm³/mol. The third-order valence-electron chi connectivity index (χ3n) is 3.83. The Hall–Kier alpha value is -3.35. The standard InChI is InChI=1S/C22H25NO6/c1-4-11-28-19-10-9-17(13-20(19)27-5-2)22(26)29-14-21(25)23-18-8-6-7-16(12-18)15(3)24/h6-10,12-13H,4-5,11,14H2,1-3H3,(H,23,25). The van der Waals surface area contributed by atoms with E-state index in [-0.39, 0.29) is 11.3 Å². The summed E-state index contributed by atoms with van der Waals surface area (Å²) in [6, 6.07) is 11.3. The number of benzene rings is 2. The first-order valence-electron chi connectivity index (χ1n) is 9.42. The molecule has 0 bridgehead atoms. The van der Waals surface area contributed by atoms with Crippen molar-refractivity contribution in [1.82, 2.24) is 0 Å². The summed E-state index contributed by atoms with van der Waals surface area (Å²) in [6.07, 6.45) is 0.847. The maximum Gasteiger partial charge on any atom is 0.338 e. The Morgan fingerprint density at radius 3 is 2.41 bits per heavy atom. The molecule has 154 valence electrons. The number of hydrogen-bond acceptors (Lipinski definition) is 6. The molecule has 7 nitrogen and oxygen atoms in total. The summed E-state index contributed by atoms with van der Waals surface area (Å²) in [5.41, 5.74) is 1.19. The van der Waals surface area contributed by atoms with Crippen molar-refractivity contribution in [2.75, 3.05) is 25.1 Å². The summed E-state index contributed by atoms with van der Waals surface area (Å²) in [6.45, 7) is 5.77. The van der Waals surface area contributed by atoms with Gasteiger partial charge >= 0.3 is 5.97 Å². The molecule has 1 N–H and O–H groups in total. The third-order valence-corrected chi connectivity index (χ3v) is 3.83. The molecule has 0 aliphatic rings. The van der Waals surface area contributed by atoms with Crippen molar-refractivity contribution in [1.29, 1.82) is 0 Å². The number of carbonyl (C=O) groups excluding carboxylic acids is 3. The lowest BCUT2D eigenvalue weighted by Crippen LogP contribution is -2.21. The van der Waals surface area contributed by atoms with E-state index in [1.54, 1.807) is 36.4 Å². The number of ketones is 1. The smallest absolute Gasteiger partial charge is 0.338 e. The zero-order valence-corrected chi connectivity index (χ0v) is 16.8. The van der Waals surface area contributed by atoms with Crippen molar-refractivity contribution in [2.24, 2.45) is 0 Å². The number of nitrogens with one attached hydrogen (secondary N) is 1. The van der Waals surface area contributed by atoms with Gasteiger partial charge in [-0.2, -0.15) is 0 Å². The van der Waals surface area contributed by atoms with Crippen LogP contribution in [0.4, 0.5) is 5.69 Å². The van der Waals surface area contributed by atoms with Crippen molar-refractivity contribution in [3.8, 4) is 11.5 Å². The number of Topliss-reactive ketones (excluding diaryl/α,β-unsaturated/α-hetero) is 1. The minimum Gasteiger partial charge on any atom is -0.490 e. The van der Waals surface area contributed by atoms with Crippen LogP contribution in [0.1, 0.15) is 47.9 Å². The van der Waals surface area contributed by atoms with E-state index >= 15 is 0 Å². The van der Waals surface area contributed by atoms with E-state index in [0.29, 0.717) is 36.0 Å². The van der Waals surface area contributed by atoms with Crippen LogP contribution in [0.25, 0.3) is 0 Å². The van der Waals surface area contributed by atoms with Gasteiger partial charge in [-0.05, 0) is 50.6 Å². The third kappa shape index (κ3) is 6.64. The highest BCUT2D eigenvalue weighted by molar-refractivity contribution is 5.98. The lowest BCUT2D eigenvalue weighted by Gasteiger charge is -2.13. The van der Waals surface area contributed by atoms with Crippen molar-refractivity contribution in [3.63, 3.8) is 0 Å². The minimum atomic E-state index is -0.652. The lowest BCUT2D eigenvalue weighted by atomic mass is 10.1. The topological polar surface area (TPSA) is 90.9 Å². The second-order valence-corrected chi connectivity index (χ2v) is 6.20. The van der Waals surface area contributed by atoms with Gasteiger partial charge in [0.05, 0.1) is 18.8 Å². The molecule has 0 saturated carbocycles. The summed E-state index contributed by atoms with van der Waals surface area (Å²) in [5.74, 6) is -0.272. The van der Waals surface area contributed by atoms with Crippen LogP contribution in [0.15, 0.2) is 42.5 Å². The molecule has 0 heterocycles. The van der Waals surface area contributed by atoms with Crippen LogP contribution < -0.4 is 14.8 Å². The van der Waals surface area contributed by atoms with E-state index in [4.69, 9.17) is 14.2 Å². The fraction of sp³-hybridized carbons (Fsp3) is 0.318. The maximum atomic E-state index is 12.3. The van der Waals surface area contributed by atoms with E-state index in [2.05, 4.69) is 5.32 Å². The molecule has 2 aromatic carbocycles. The fourth-order valence-electron chi connectivity index (χ4n) is 2.46. The molecule has 0 aliphatic carbocycles. The number of esters is 1. The van der Waals surface area contributed by atoms with Crippen molar-refractivity contribution < 1.29 is 28.6 Å². The quantitative estimate of drug-likeness (QED) is 0.482. The molecule has 1 amide bonds. The summed E-state index contributed by atoms with van der Waals surface area (Å²) >= 11 is 0. The fourth-order valence-corrected chi connectivity index (χ4v) is 2.46. The molecule has 0 aromatic heterocycles. The van der Waals surface area contributed by atoms with Gasteiger partial charge in [0.1, 0.15) is 0 Å². The second-order valence-electron chi connectivity index (χ2n) is 6.20. The van der Waals surface area contributed by atoms with Crippen LogP contribution in [0.3, 0.4) is 0 Å². The molecule has 7 heteroatoms. The monoisotopic (exact) mass is 399 g/mol. The van der Waals surface area contributed by atoms with Gasteiger partial charge in [-0.15, -0.1) is 0 Å². The number of rotatable bonds is 10. The number of ether oxygens (including phenoxy) is 3. The molecule has 0 unspecified atom stereocenters. The highest BCUT2D eigenvalue weighted by atomic mass is 16.5. The van der Waals surface area contributed by atoms with Crippen LogP contribution in [-0.2, 0) is 9.53 Å². The molecule has 0 saturated heterocycles. The molecule has 0 fully saturated rings. The minimum absolute atomic E-state index is 0.107. The van der Waals surface area contributed by atoms with E-state index in [9.17, 15) is 14.4 Å². The van der Waals surface area contributed by atoms with Gasteiger partial charge in [-0.1, -0.05) is 19.1 Å². The Labute approximate surface area is 170 Å². The highest BCUT2D eigenvalue weighted by Gasteiger charge is 2.14. The maximum absolute atomic E-state index is 12.3. The van der Waals surface area contributed by atoms with E-state index in [1.807, 2.05) is 13.8 Å². The van der Waals surface area contributed by atoms with Gasteiger partial charge in [-0.25, -0.2) is 4.79 Å². The second kappa shape index (κ2) is 10.8. The summed E-state index contributed by atoms with van der Waals surface area (Å²) in [7, 11) is 0. The van der Waals surface area contributed by atoms with Crippen LogP contribution in [-0.4, -0.2) is 37.5 Å². The largest absolute Gasteiger partial charge is 0.490 e. The Kier molecular flexibility index (Phi) is 8.21. The molecule has 2 rings (SSSR count). The highest BCUT2D eigenvalue weighted by Crippen LogP contribution is 2.29. The average molecular weight is 399 g/mol. The zero-order valence-electron chi connectivity index (χ0n) is 16.8. The number of hydrogen-bond donors (Lipinski definition) is 1. The van der Waals surface area contributed by atoms with Crippen LogP contribution in [0, 0.1) is 0 Å². The summed E-state index contributed by atoms with van der Waals surface area (Å²) in [5, 5.41) is 2.59. The van der Waals surface area contributed by atoms with Crippen LogP contribution >= 0.6 is 0 Å². The molecule has 0 spiro atoms. The van der Waals surface area contributed by atoms with E-state index in [1.165, 1.54) is 13.0 Å². The molecular formula is C22H25NO6. The van der Waals surface area contributed by atoms with Crippen LogP contribution in [0.2, 0.25) is 0 Å². The van der Waals surface area contributed by atoms with Crippen molar-refractivity contribution in [3.05, 3.63) is 53.6 Å². The first kappa shape index (κ1) is 21.9.